The molecule has 4 rings (SSSR count). The minimum absolute atomic E-state index is 0.110. The minimum atomic E-state index is -0.360. The van der Waals surface area contributed by atoms with Crippen molar-refractivity contribution in [3.63, 3.8) is 0 Å². The summed E-state index contributed by atoms with van der Waals surface area (Å²) in [5.74, 6) is 1.66. The van der Waals surface area contributed by atoms with E-state index in [0.29, 0.717) is 24.4 Å². The van der Waals surface area contributed by atoms with Gasteiger partial charge in [-0.3, -0.25) is 4.79 Å². The molecule has 3 aliphatic carbocycles. The third-order valence-electron chi connectivity index (χ3n) is 7.70. The molecule has 1 saturated heterocycles. The van der Waals surface area contributed by atoms with Crippen LogP contribution >= 0.6 is 0 Å². The van der Waals surface area contributed by atoms with Gasteiger partial charge in [0, 0.05) is 19.0 Å². The molecule has 0 bridgehead atoms. The molecule has 29 heavy (non-hydrogen) atoms. The van der Waals surface area contributed by atoms with Gasteiger partial charge < -0.3 is 19.8 Å². The van der Waals surface area contributed by atoms with E-state index in [9.17, 15) is 15.0 Å². The molecule has 1 heterocycles. The number of rotatable bonds is 7. The first-order chi connectivity index (χ1) is 14.1. The summed E-state index contributed by atoms with van der Waals surface area (Å²) in [5, 5.41) is 20.9. The van der Waals surface area contributed by atoms with Crippen LogP contribution in [0.1, 0.15) is 57.8 Å². The molecule has 4 fully saturated rings. The van der Waals surface area contributed by atoms with Crippen LogP contribution in [0.2, 0.25) is 0 Å². The number of carbonyl (C=O) groups is 1. The normalized spacial score (nSPS) is 35.2. The fourth-order valence-corrected chi connectivity index (χ4v) is 6.02. The first kappa shape index (κ1) is 21.1. The van der Waals surface area contributed by atoms with Crippen molar-refractivity contribution < 1.29 is 19.7 Å². The lowest BCUT2D eigenvalue weighted by atomic mass is 9.89. The summed E-state index contributed by atoms with van der Waals surface area (Å²) in [7, 11) is 0. The molecule has 0 radical (unpaired) electrons. The van der Waals surface area contributed by atoms with Gasteiger partial charge in [0.25, 0.3) is 0 Å². The topological polar surface area (TPSA) is 70.0 Å². The van der Waals surface area contributed by atoms with E-state index in [2.05, 4.69) is 12.2 Å². The third-order valence-corrected chi connectivity index (χ3v) is 7.70. The lowest BCUT2D eigenvalue weighted by molar-refractivity contribution is -0.134. The van der Waals surface area contributed by atoms with Gasteiger partial charge in [0.1, 0.15) is 6.61 Å². The van der Waals surface area contributed by atoms with E-state index in [1.54, 1.807) is 0 Å². The second-order valence-corrected chi connectivity index (χ2v) is 9.60. The number of aliphatic hydroxyl groups excluding tert-OH is 2. The fraction of sp³-hybridized carbons (Fsp3) is 0.792. The Hall–Kier alpha value is -1.17. The molecule has 4 aliphatic rings. The average Bonchev–Trinajstić information content (AvgIpc) is 3.49. The average molecular weight is 404 g/mol. The second kappa shape index (κ2) is 9.76. The van der Waals surface area contributed by atoms with Gasteiger partial charge in [-0.25, -0.2) is 0 Å². The van der Waals surface area contributed by atoms with E-state index in [-0.39, 0.29) is 30.6 Å². The van der Waals surface area contributed by atoms with Crippen LogP contribution in [-0.4, -0.2) is 59.5 Å². The molecule has 0 aromatic heterocycles. The van der Waals surface area contributed by atoms with E-state index in [0.717, 1.165) is 58.0 Å². The molecular weight excluding hydrogens is 366 g/mol. The number of carbonyl (C=O) groups excluding carboxylic acids is 1. The van der Waals surface area contributed by atoms with Gasteiger partial charge in [0.2, 0.25) is 5.91 Å². The molecule has 5 nitrogen and oxygen atoms in total. The Bertz CT molecular complexity index is 618. The highest BCUT2D eigenvalue weighted by Crippen LogP contribution is 2.50. The molecule has 3 saturated carbocycles. The van der Waals surface area contributed by atoms with Crippen LogP contribution in [0.15, 0.2) is 23.8 Å². The quantitative estimate of drug-likeness (QED) is 0.506. The largest absolute Gasteiger partial charge is 0.392 e. The molecule has 1 amide bonds. The summed E-state index contributed by atoms with van der Waals surface area (Å²) in [6, 6.07) is 0. The minimum Gasteiger partial charge on any atom is -0.392 e. The molecule has 0 aromatic rings. The predicted molar refractivity (Wildman–Crippen MR) is 112 cm³/mol. The second-order valence-electron chi connectivity index (χ2n) is 9.60. The lowest BCUT2D eigenvalue weighted by Gasteiger charge is -2.19. The molecule has 0 spiro atoms. The summed E-state index contributed by atoms with van der Waals surface area (Å²) in [4.78, 5) is 13.9. The number of amides is 1. The van der Waals surface area contributed by atoms with Gasteiger partial charge >= 0.3 is 0 Å². The zero-order chi connectivity index (χ0) is 20.2. The highest BCUT2D eigenvalue weighted by Gasteiger charge is 2.45. The number of hydrogen-bond donors (Lipinski definition) is 2. The van der Waals surface area contributed by atoms with E-state index < -0.39 is 0 Å². The van der Waals surface area contributed by atoms with Crippen molar-refractivity contribution >= 4 is 5.91 Å². The van der Waals surface area contributed by atoms with Crippen molar-refractivity contribution in [2.45, 2.75) is 70.0 Å². The van der Waals surface area contributed by atoms with Crippen molar-refractivity contribution in [3.8, 4) is 0 Å². The van der Waals surface area contributed by atoms with Crippen molar-refractivity contribution in [3.05, 3.63) is 23.8 Å². The highest BCUT2D eigenvalue weighted by atomic mass is 16.5. The standard InChI is InChI=1S/C24H37NO4/c26-22(18-5-1-2-6-18)8-7-20-21-14-17(13-19(21)15-23(20)27)9-12-29-16-24(28)25-10-3-4-11-25/h7-9,18-23,26-27H,1-6,10-16H2/t19-,20+,21-,22+,23+/m0/s1. The van der Waals surface area contributed by atoms with Crippen LogP contribution in [0.25, 0.3) is 0 Å². The Labute approximate surface area is 174 Å². The smallest absolute Gasteiger partial charge is 0.248 e. The summed E-state index contributed by atoms with van der Waals surface area (Å²) in [6.45, 7) is 2.43. The Morgan fingerprint density at radius 1 is 1.17 bits per heavy atom. The highest BCUT2D eigenvalue weighted by molar-refractivity contribution is 5.77. The Morgan fingerprint density at radius 3 is 2.69 bits per heavy atom. The van der Waals surface area contributed by atoms with Crippen LogP contribution in [0, 0.1) is 23.7 Å². The van der Waals surface area contributed by atoms with Crippen LogP contribution in [0.3, 0.4) is 0 Å². The molecule has 0 aromatic carbocycles. The molecule has 1 aliphatic heterocycles. The summed E-state index contributed by atoms with van der Waals surface area (Å²) >= 11 is 0. The number of ether oxygens (including phenoxy) is 1. The molecule has 5 atom stereocenters. The van der Waals surface area contributed by atoms with Crippen molar-refractivity contribution in [2.75, 3.05) is 26.3 Å². The summed E-state index contributed by atoms with van der Waals surface area (Å²) in [6.07, 6.45) is 15.4. The van der Waals surface area contributed by atoms with Gasteiger partial charge in [0.15, 0.2) is 0 Å². The number of nitrogens with zero attached hydrogens (tertiary/aromatic N) is 1. The van der Waals surface area contributed by atoms with Gasteiger partial charge in [-0.1, -0.05) is 36.6 Å². The van der Waals surface area contributed by atoms with Crippen LogP contribution < -0.4 is 0 Å². The number of allylic oxidation sites excluding steroid dienone is 1. The van der Waals surface area contributed by atoms with Crippen molar-refractivity contribution in [1.29, 1.82) is 0 Å². The van der Waals surface area contributed by atoms with Crippen LogP contribution in [0.5, 0.6) is 0 Å². The maximum Gasteiger partial charge on any atom is 0.248 e. The van der Waals surface area contributed by atoms with Gasteiger partial charge in [-0.15, -0.1) is 0 Å². The molecule has 0 unspecified atom stereocenters. The number of likely N-dealkylation sites (tertiary alicyclic amines) is 1. The molecule has 5 heteroatoms. The monoisotopic (exact) mass is 403 g/mol. The van der Waals surface area contributed by atoms with E-state index in [1.165, 1.54) is 18.4 Å². The van der Waals surface area contributed by atoms with E-state index in [1.807, 2.05) is 11.0 Å². The number of aliphatic hydroxyl groups is 2. The van der Waals surface area contributed by atoms with Gasteiger partial charge in [0.05, 0.1) is 18.8 Å². The van der Waals surface area contributed by atoms with Crippen molar-refractivity contribution in [2.24, 2.45) is 23.7 Å². The third kappa shape index (κ3) is 5.12. The molecule has 162 valence electrons. The summed E-state index contributed by atoms with van der Waals surface area (Å²) in [5.41, 5.74) is 1.40. The zero-order valence-corrected chi connectivity index (χ0v) is 17.5. The lowest BCUT2D eigenvalue weighted by Crippen LogP contribution is -2.31. The first-order valence-electron chi connectivity index (χ1n) is 11.7. The maximum absolute atomic E-state index is 12.0. The van der Waals surface area contributed by atoms with Crippen LogP contribution in [0.4, 0.5) is 0 Å². The molecule has 2 N–H and O–H groups in total. The predicted octanol–water partition coefficient (Wildman–Crippen LogP) is 3.07. The summed E-state index contributed by atoms with van der Waals surface area (Å²) < 4.78 is 5.61. The Balaban J connectivity index is 1.24. The first-order valence-corrected chi connectivity index (χ1v) is 11.7. The zero-order valence-electron chi connectivity index (χ0n) is 17.5. The fourth-order valence-electron chi connectivity index (χ4n) is 6.02. The SMILES string of the molecule is O=C(COCC=C1C[C@H]2C[C@@H](O)[C@H](C=C[C@@H](O)C3CCCC3)[C@H]2C1)N1CCCC1. The van der Waals surface area contributed by atoms with Crippen molar-refractivity contribution in [1.82, 2.24) is 4.90 Å². The molecular formula is C24H37NO4. The number of fused-ring (bicyclic) bond motifs is 1. The maximum atomic E-state index is 12.0. The number of hydrogen-bond acceptors (Lipinski definition) is 4. The Kier molecular flexibility index (Phi) is 7.09. The van der Waals surface area contributed by atoms with E-state index >= 15 is 0 Å². The Morgan fingerprint density at radius 2 is 1.93 bits per heavy atom. The van der Waals surface area contributed by atoms with Crippen LogP contribution in [-0.2, 0) is 9.53 Å². The van der Waals surface area contributed by atoms with Gasteiger partial charge in [-0.05, 0) is 62.7 Å². The van der Waals surface area contributed by atoms with E-state index in [4.69, 9.17) is 4.74 Å². The van der Waals surface area contributed by atoms with Gasteiger partial charge in [-0.2, -0.15) is 0 Å².